The summed E-state index contributed by atoms with van der Waals surface area (Å²) >= 11 is 6.30. The minimum Gasteiger partial charge on any atom is -0.493 e. The number of nitrogens with one attached hydrogen (secondary N) is 1. The maximum atomic E-state index is 13.5. The van der Waals surface area contributed by atoms with Gasteiger partial charge in [0.25, 0.3) is 0 Å². The lowest BCUT2D eigenvalue weighted by Gasteiger charge is -2.16. The van der Waals surface area contributed by atoms with Crippen molar-refractivity contribution in [1.29, 1.82) is 0 Å². The van der Waals surface area contributed by atoms with Crippen molar-refractivity contribution >= 4 is 49.5 Å². The number of aryl methyl sites for hydroxylation is 1. The predicted molar refractivity (Wildman–Crippen MR) is 139 cm³/mol. The highest BCUT2D eigenvalue weighted by Crippen LogP contribution is 2.41. The fourth-order valence-corrected chi connectivity index (χ4v) is 5.36. The average molecular weight is 540 g/mol. The number of halogens is 1. The summed E-state index contributed by atoms with van der Waals surface area (Å²) in [5.74, 6) is 1.63. The molecule has 0 saturated heterocycles. The molecule has 0 saturated carbocycles. The number of anilines is 2. The molecule has 12 heteroatoms. The van der Waals surface area contributed by atoms with Gasteiger partial charge in [0.05, 0.1) is 31.7 Å². The van der Waals surface area contributed by atoms with Gasteiger partial charge in [-0.2, -0.15) is 4.52 Å². The van der Waals surface area contributed by atoms with Gasteiger partial charge in [-0.3, -0.25) is 0 Å². The molecule has 0 unspecified atom stereocenters. The zero-order valence-electron chi connectivity index (χ0n) is 20.3. The molecule has 0 spiro atoms. The topological polar surface area (TPSA) is 117 Å². The maximum Gasteiger partial charge on any atom is 0.229 e. The maximum absolute atomic E-state index is 13.5. The number of hydrogen-bond acceptors (Lipinski definition) is 9. The third-order valence-corrected chi connectivity index (χ3v) is 7.69. The molecular weight excluding hydrogens is 518 g/mol. The van der Waals surface area contributed by atoms with Crippen LogP contribution in [0.25, 0.3) is 16.6 Å². The molecule has 0 aliphatic heterocycles. The van der Waals surface area contributed by atoms with E-state index in [1.54, 1.807) is 42.5 Å². The lowest BCUT2D eigenvalue weighted by Crippen LogP contribution is -2.06. The molecule has 37 heavy (non-hydrogen) atoms. The van der Waals surface area contributed by atoms with Crippen molar-refractivity contribution in [2.24, 2.45) is 0 Å². The molecule has 5 rings (SSSR count). The fourth-order valence-electron chi connectivity index (χ4n) is 3.96. The van der Waals surface area contributed by atoms with E-state index in [-0.39, 0.29) is 15.6 Å². The normalized spacial score (nSPS) is 11.6. The second-order valence-electron chi connectivity index (χ2n) is 8.11. The Morgan fingerprint density at radius 2 is 1.59 bits per heavy atom. The minimum absolute atomic E-state index is 0.0605. The summed E-state index contributed by atoms with van der Waals surface area (Å²) in [6, 6.07) is 15.1. The average Bonchev–Trinajstić information content (AvgIpc) is 3.33. The van der Waals surface area contributed by atoms with Gasteiger partial charge in [-0.25, -0.2) is 13.4 Å². The summed E-state index contributed by atoms with van der Waals surface area (Å²) in [6.07, 6.45) is 0. The standard InChI is InChI=1S/C25H22ClN5O5S/c1-14-5-8-17(9-6-14)37(32,33)25-24-28-23(18-11-15(26)7-10-19(18)31(24)30-29-25)27-16-12-20(34-2)22(36-4)21(13-16)35-3/h5-13H,1-4H3,(H,27,28). The van der Waals surface area contributed by atoms with Crippen LogP contribution in [-0.4, -0.2) is 49.6 Å². The van der Waals surface area contributed by atoms with Crippen LogP contribution in [0.2, 0.25) is 5.02 Å². The number of fused-ring (bicyclic) bond motifs is 3. The van der Waals surface area contributed by atoms with Gasteiger partial charge in [0, 0.05) is 28.2 Å². The van der Waals surface area contributed by atoms with Crippen molar-refractivity contribution in [3.05, 3.63) is 65.2 Å². The Hall–Kier alpha value is -4.09. The van der Waals surface area contributed by atoms with Gasteiger partial charge in [0.1, 0.15) is 5.82 Å². The zero-order chi connectivity index (χ0) is 26.3. The van der Waals surface area contributed by atoms with Gasteiger partial charge in [-0.05, 0) is 37.3 Å². The van der Waals surface area contributed by atoms with Crippen molar-refractivity contribution in [3.8, 4) is 17.2 Å². The Labute approximate surface area is 217 Å². The van der Waals surface area contributed by atoms with E-state index >= 15 is 0 Å². The molecule has 1 N–H and O–H groups in total. The molecule has 0 amide bonds. The van der Waals surface area contributed by atoms with Crippen molar-refractivity contribution in [2.75, 3.05) is 26.6 Å². The molecule has 2 heterocycles. The second kappa shape index (κ2) is 9.41. The number of sulfone groups is 1. The summed E-state index contributed by atoms with van der Waals surface area (Å²) in [7, 11) is 0.541. The highest BCUT2D eigenvalue weighted by Gasteiger charge is 2.27. The minimum atomic E-state index is -4.00. The molecule has 0 atom stereocenters. The number of methoxy groups -OCH3 is 3. The van der Waals surface area contributed by atoms with Crippen LogP contribution in [0, 0.1) is 6.92 Å². The van der Waals surface area contributed by atoms with Gasteiger partial charge in [-0.1, -0.05) is 34.5 Å². The van der Waals surface area contributed by atoms with E-state index in [1.807, 2.05) is 6.92 Å². The number of rotatable bonds is 7. The first-order valence-electron chi connectivity index (χ1n) is 11.0. The van der Waals surface area contributed by atoms with Crippen LogP contribution in [0.1, 0.15) is 5.56 Å². The van der Waals surface area contributed by atoms with E-state index in [0.29, 0.717) is 44.7 Å². The summed E-state index contributed by atoms with van der Waals surface area (Å²) < 4.78 is 44.6. The van der Waals surface area contributed by atoms with Gasteiger partial charge in [0.15, 0.2) is 17.1 Å². The first-order chi connectivity index (χ1) is 17.8. The van der Waals surface area contributed by atoms with Crippen LogP contribution >= 0.6 is 11.6 Å². The first-order valence-corrected chi connectivity index (χ1v) is 12.9. The van der Waals surface area contributed by atoms with Gasteiger partial charge >= 0.3 is 0 Å². The molecule has 0 aliphatic carbocycles. The van der Waals surface area contributed by atoms with E-state index in [1.165, 1.54) is 38.0 Å². The third kappa shape index (κ3) is 4.25. The van der Waals surface area contributed by atoms with E-state index in [2.05, 4.69) is 20.6 Å². The number of benzene rings is 3. The quantitative estimate of drug-likeness (QED) is 0.310. The molecule has 10 nitrogen and oxygen atoms in total. The first kappa shape index (κ1) is 24.6. The lowest BCUT2D eigenvalue weighted by atomic mass is 10.2. The molecule has 3 aromatic carbocycles. The summed E-state index contributed by atoms with van der Waals surface area (Å²) in [5.41, 5.74) is 2.11. The largest absolute Gasteiger partial charge is 0.493 e. The van der Waals surface area contributed by atoms with Crippen LogP contribution in [0.5, 0.6) is 17.2 Å². The Morgan fingerprint density at radius 1 is 0.919 bits per heavy atom. The van der Waals surface area contributed by atoms with Gasteiger partial charge in [-0.15, -0.1) is 5.10 Å². The number of ether oxygens (including phenoxy) is 3. The van der Waals surface area contributed by atoms with E-state index < -0.39 is 9.84 Å². The van der Waals surface area contributed by atoms with Crippen LogP contribution in [-0.2, 0) is 9.84 Å². The summed E-state index contributed by atoms with van der Waals surface area (Å²) in [4.78, 5) is 4.73. The Kier molecular flexibility index (Phi) is 6.26. The second-order valence-corrected chi connectivity index (χ2v) is 10.4. The number of hydrogen-bond donors (Lipinski definition) is 1. The molecule has 0 radical (unpaired) electrons. The van der Waals surface area contributed by atoms with Crippen molar-refractivity contribution in [1.82, 2.24) is 19.8 Å². The molecule has 0 fully saturated rings. The van der Waals surface area contributed by atoms with Crippen molar-refractivity contribution in [2.45, 2.75) is 16.8 Å². The summed E-state index contributed by atoms with van der Waals surface area (Å²) in [5, 5.41) is 12.2. The molecule has 0 aliphatic rings. The number of nitrogens with zero attached hydrogens (tertiary/aromatic N) is 4. The van der Waals surface area contributed by atoms with E-state index in [9.17, 15) is 8.42 Å². The van der Waals surface area contributed by atoms with Crippen LogP contribution in [0.15, 0.2) is 64.5 Å². The lowest BCUT2D eigenvalue weighted by molar-refractivity contribution is 0.324. The van der Waals surface area contributed by atoms with Gasteiger partial charge in [0.2, 0.25) is 20.6 Å². The van der Waals surface area contributed by atoms with Gasteiger partial charge < -0.3 is 19.5 Å². The van der Waals surface area contributed by atoms with Crippen molar-refractivity contribution in [3.63, 3.8) is 0 Å². The Morgan fingerprint density at radius 3 is 2.22 bits per heavy atom. The predicted octanol–water partition coefficient (Wildman–Crippen LogP) is 4.84. The zero-order valence-corrected chi connectivity index (χ0v) is 21.9. The van der Waals surface area contributed by atoms with Crippen LogP contribution in [0.4, 0.5) is 11.5 Å². The van der Waals surface area contributed by atoms with E-state index in [0.717, 1.165) is 5.56 Å². The number of aromatic nitrogens is 4. The Bertz CT molecular complexity index is 1730. The highest BCUT2D eigenvalue weighted by atomic mass is 35.5. The smallest absolute Gasteiger partial charge is 0.229 e. The highest BCUT2D eigenvalue weighted by molar-refractivity contribution is 7.91. The van der Waals surface area contributed by atoms with Crippen LogP contribution in [0.3, 0.4) is 0 Å². The summed E-state index contributed by atoms with van der Waals surface area (Å²) in [6.45, 7) is 1.88. The third-order valence-electron chi connectivity index (χ3n) is 5.79. The van der Waals surface area contributed by atoms with E-state index in [4.69, 9.17) is 25.8 Å². The molecule has 0 bridgehead atoms. The fraction of sp³-hybridized carbons (Fsp3) is 0.160. The molecular formula is C25H22ClN5O5S. The molecule has 190 valence electrons. The van der Waals surface area contributed by atoms with Crippen molar-refractivity contribution < 1.29 is 22.6 Å². The molecule has 5 aromatic rings. The monoisotopic (exact) mass is 539 g/mol. The molecule has 2 aromatic heterocycles. The SMILES string of the molecule is COc1cc(Nc2nc3c(S(=O)(=O)c4ccc(C)cc4)nnn3c3ccc(Cl)cc23)cc(OC)c1OC. The Balaban J connectivity index is 1.73. The van der Waals surface area contributed by atoms with Crippen LogP contribution < -0.4 is 19.5 Å².